The zero-order valence-electron chi connectivity index (χ0n) is 7.73. The molecular weight excluding hydrogens is 225 g/mol. The average Bonchev–Trinajstić information content (AvgIpc) is 2.64. The van der Waals surface area contributed by atoms with Crippen molar-refractivity contribution in [2.24, 2.45) is 0 Å². The fraction of sp³-hybridized carbons (Fsp3) is 0.111. The Balaban J connectivity index is 2.33. The summed E-state index contributed by atoms with van der Waals surface area (Å²) in [7, 11) is 0. The molecule has 1 aromatic heterocycles. The normalized spacial score (nSPS) is 11.7. The van der Waals surface area contributed by atoms with Crippen LogP contribution in [0.25, 0.3) is 5.69 Å². The van der Waals surface area contributed by atoms with Crippen molar-refractivity contribution >= 4 is 0 Å². The lowest BCUT2D eigenvalue weighted by Gasteiger charge is -2.04. The van der Waals surface area contributed by atoms with Crippen molar-refractivity contribution in [2.75, 3.05) is 0 Å². The summed E-state index contributed by atoms with van der Waals surface area (Å²) in [6.07, 6.45) is -3.35. The summed E-state index contributed by atoms with van der Waals surface area (Å²) >= 11 is 0. The lowest BCUT2D eigenvalue weighted by atomic mass is 10.2. The van der Waals surface area contributed by atoms with Crippen molar-refractivity contribution in [2.45, 2.75) is 6.18 Å². The van der Waals surface area contributed by atoms with E-state index in [2.05, 4.69) is 9.79 Å². The van der Waals surface area contributed by atoms with Gasteiger partial charge in [0.25, 0.3) is 0 Å². The second-order valence-electron chi connectivity index (χ2n) is 3.01. The summed E-state index contributed by atoms with van der Waals surface area (Å²) in [5.41, 5.74) is -0.443. The van der Waals surface area contributed by atoms with Crippen LogP contribution in [0.4, 0.5) is 13.2 Å². The fourth-order valence-corrected chi connectivity index (χ4v) is 1.16. The number of benzene rings is 1. The molecule has 16 heavy (non-hydrogen) atoms. The Morgan fingerprint density at radius 2 is 1.81 bits per heavy atom. The van der Waals surface area contributed by atoms with Crippen LogP contribution in [0, 0.1) is 0 Å². The van der Waals surface area contributed by atoms with E-state index in [1.165, 1.54) is 12.1 Å². The number of hydrogen-bond donors (Lipinski definition) is 0. The van der Waals surface area contributed by atoms with E-state index in [0.29, 0.717) is 5.69 Å². The van der Waals surface area contributed by atoms with Crippen LogP contribution in [0.15, 0.2) is 35.0 Å². The third-order valence-electron chi connectivity index (χ3n) is 1.91. The van der Waals surface area contributed by atoms with Crippen LogP contribution in [0.3, 0.4) is 0 Å². The molecule has 0 aliphatic carbocycles. The molecule has 0 spiro atoms. The molecule has 0 saturated carbocycles. The molecule has 0 saturated heterocycles. The van der Waals surface area contributed by atoms with Crippen LogP contribution < -0.4 is 9.79 Å². The molecule has 0 atom stereocenters. The van der Waals surface area contributed by atoms with Crippen molar-refractivity contribution in [3.05, 3.63) is 36.0 Å². The first-order valence-corrected chi connectivity index (χ1v) is 4.20. The maximum atomic E-state index is 12.2. The maximum Gasteiger partial charge on any atom is 0.416 e. The SMILES string of the molecule is [O-]c1c[n+](-c2ccc(C(F)(F)F)cc2)no1. The van der Waals surface area contributed by atoms with Gasteiger partial charge in [0.15, 0.2) is 0 Å². The van der Waals surface area contributed by atoms with Crippen LogP contribution in [0.1, 0.15) is 5.56 Å². The average molecular weight is 230 g/mol. The zero-order chi connectivity index (χ0) is 11.8. The Morgan fingerprint density at radius 3 is 2.25 bits per heavy atom. The van der Waals surface area contributed by atoms with Gasteiger partial charge in [0.2, 0.25) is 11.9 Å². The van der Waals surface area contributed by atoms with Gasteiger partial charge in [-0.05, 0) is 16.8 Å². The van der Waals surface area contributed by atoms with Crippen LogP contribution in [-0.2, 0) is 6.18 Å². The van der Waals surface area contributed by atoms with Gasteiger partial charge < -0.3 is 9.63 Å². The van der Waals surface area contributed by atoms with E-state index in [1.807, 2.05) is 0 Å². The van der Waals surface area contributed by atoms with Gasteiger partial charge in [-0.15, -0.1) is 0 Å². The molecule has 1 heterocycles. The molecule has 1 aromatic carbocycles. The lowest BCUT2D eigenvalue weighted by Crippen LogP contribution is -2.31. The van der Waals surface area contributed by atoms with Crippen LogP contribution in [0.5, 0.6) is 5.95 Å². The molecule has 0 aliphatic rings. The Hall–Kier alpha value is -2.05. The predicted octanol–water partition coefficient (Wildman–Crippen LogP) is 1.04. The molecule has 2 rings (SSSR count). The summed E-state index contributed by atoms with van der Waals surface area (Å²) in [4.78, 5) is 0. The Kier molecular flexibility index (Phi) is 2.30. The van der Waals surface area contributed by atoms with Gasteiger partial charge in [-0.1, -0.05) is 0 Å². The van der Waals surface area contributed by atoms with Gasteiger partial charge in [0.1, 0.15) is 5.95 Å². The highest BCUT2D eigenvalue weighted by atomic mass is 19.4. The van der Waals surface area contributed by atoms with Crippen molar-refractivity contribution in [3.8, 4) is 11.6 Å². The molecule has 0 amide bonds. The summed E-state index contributed by atoms with van der Waals surface area (Å²) in [6.45, 7) is 0. The molecule has 0 unspecified atom stereocenters. The summed E-state index contributed by atoms with van der Waals surface area (Å²) in [5.74, 6) is -0.667. The number of alkyl halides is 3. The smallest absolute Gasteiger partial charge is 0.416 e. The standard InChI is InChI=1S/C9H5F3N2O2/c10-9(11,12)6-1-3-7(4-2-6)14-5-8(15)16-13-14/h1-5H. The number of aromatic nitrogens is 2. The zero-order valence-corrected chi connectivity index (χ0v) is 7.73. The molecule has 2 aromatic rings. The van der Waals surface area contributed by atoms with E-state index >= 15 is 0 Å². The molecule has 84 valence electrons. The van der Waals surface area contributed by atoms with Crippen molar-refractivity contribution in [1.29, 1.82) is 0 Å². The van der Waals surface area contributed by atoms with Crippen LogP contribution >= 0.6 is 0 Å². The number of hydrogen-bond acceptors (Lipinski definition) is 3. The molecule has 0 aliphatic heterocycles. The molecule has 0 radical (unpaired) electrons. The van der Waals surface area contributed by atoms with Crippen molar-refractivity contribution in [1.82, 2.24) is 5.27 Å². The van der Waals surface area contributed by atoms with Gasteiger partial charge in [0.05, 0.1) is 10.8 Å². The maximum absolute atomic E-state index is 12.2. The van der Waals surface area contributed by atoms with Crippen molar-refractivity contribution in [3.63, 3.8) is 0 Å². The Labute approximate surface area is 87.5 Å². The first kappa shape index (κ1) is 10.5. The van der Waals surface area contributed by atoms with Gasteiger partial charge in [0, 0.05) is 12.1 Å². The van der Waals surface area contributed by atoms with E-state index < -0.39 is 17.7 Å². The minimum absolute atomic E-state index is 0.318. The van der Waals surface area contributed by atoms with E-state index in [9.17, 15) is 18.3 Å². The van der Waals surface area contributed by atoms with Gasteiger partial charge in [-0.2, -0.15) is 13.2 Å². The summed E-state index contributed by atoms with van der Waals surface area (Å²) in [5, 5.41) is 14.0. The van der Waals surface area contributed by atoms with Crippen LogP contribution in [0.2, 0.25) is 0 Å². The van der Waals surface area contributed by atoms with Gasteiger partial charge in [-0.25, -0.2) is 0 Å². The van der Waals surface area contributed by atoms with E-state index in [-0.39, 0.29) is 0 Å². The largest absolute Gasteiger partial charge is 0.539 e. The monoisotopic (exact) mass is 230 g/mol. The molecule has 7 heteroatoms. The van der Waals surface area contributed by atoms with Gasteiger partial charge >= 0.3 is 6.18 Å². The molecule has 0 fully saturated rings. The van der Waals surface area contributed by atoms with Crippen LogP contribution in [-0.4, -0.2) is 5.27 Å². The van der Waals surface area contributed by atoms with E-state index in [4.69, 9.17) is 0 Å². The van der Waals surface area contributed by atoms with E-state index in [0.717, 1.165) is 23.0 Å². The molecular formula is C9H5F3N2O2. The second kappa shape index (κ2) is 3.51. The Bertz CT molecular complexity index is 490. The van der Waals surface area contributed by atoms with E-state index in [1.54, 1.807) is 0 Å². The fourth-order valence-electron chi connectivity index (χ4n) is 1.16. The summed E-state index contributed by atoms with van der Waals surface area (Å²) in [6, 6.07) is 4.21. The Morgan fingerprint density at radius 1 is 1.19 bits per heavy atom. The first-order chi connectivity index (χ1) is 7.47. The summed E-state index contributed by atoms with van der Waals surface area (Å²) < 4.78 is 42.0. The third-order valence-corrected chi connectivity index (χ3v) is 1.91. The highest BCUT2D eigenvalue weighted by Gasteiger charge is 2.30. The van der Waals surface area contributed by atoms with Crippen molar-refractivity contribution < 1.29 is 27.5 Å². The lowest BCUT2D eigenvalue weighted by molar-refractivity contribution is -0.670. The number of rotatable bonds is 1. The number of nitrogens with zero attached hydrogens (tertiary/aromatic N) is 2. The molecule has 0 bridgehead atoms. The highest BCUT2D eigenvalue weighted by molar-refractivity contribution is 5.28. The third kappa shape index (κ3) is 1.97. The molecule has 0 N–H and O–H groups in total. The quantitative estimate of drug-likeness (QED) is 0.688. The van der Waals surface area contributed by atoms with Gasteiger partial charge in [-0.3, -0.25) is 0 Å². The minimum atomic E-state index is -4.38. The number of halogens is 3. The first-order valence-electron chi connectivity index (χ1n) is 4.20. The second-order valence-corrected chi connectivity index (χ2v) is 3.01. The topological polar surface area (TPSA) is 53.0 Å². The molecule has 4 nitrogen and oxygen atoms in total. The predicted molar refractivity (Wildman–Crippen MR) is 42.5 cm³/mol. The minimum Gasteiger partial charge on any atom is -0.539 e. The highest BCUT2D eigenvalue weighted by Crippen LogP contribution is 2.28.